The topological polar surface area (TPSA) is 79.6 Å². The van der Waals surface area contributed by atoms with E-state index in [1.165, 1.54) is 20.0 Å². The van der Waals surface area contributed by atoms with Crippen molar-refractivity contribution in [2.24, 2.45) is 0 Å². The Balaban J connectivity index is 1.61. The standard InChI is InChI=1S/C17H22N4O3/c1-23-16-13(6-4-8-18-16)20-17(22)19-12-14(15-7-5-11-24-15)21-9-2-3-10-21/h4-8,11,14H,2-3,9-10,12H2,1H3,(H2,19,20,22)/t14-/m0/s1. The third-order valence-electron chi connectivity index (χ3n) is 4.12. The molecule has 0 unspecified atom stereocenters. The van der Waals surface area contributed by atoms with Crippen LogP contribution in [0.2, 0.25) is 0 Å². The number of nitrogens with one attached hydrogen (secondary N) is 2. The smallest absolute Gasteiger partial charge is 0.319 e. The summed E-state index contributed by atoms with van der Waals surface area (Å²) in [6.07, 6.45) is 5.63. The van der Waals surface area contributed by atoms with E-state index in [0.717, 1.165) is 18.8 Å². The summed E-state index contributed by atoms with van der Waals surface area (Å²) in [6, 6.07) is 7.07. The van der Waals surface area contributed by atoms with Crippen molar-refractivity contribution < 1.29 is 13.9 Å². The lowest BCUT2D eigenvalue weighted by molar-refractivity contribution is 0.206. The second-order valence-electron chi connectivity index (χ2n) is 5.67. The van der Waals surface area contributed by atoms with Gasteiger partial charge in [-0.05, 0) is 50.2 Å². The van der Waals surface area contributed by atoms with Gasteiger partial charge < -0.3 is 19.8 Å². The molecular weight excluding hydrogens is 308 g/mol. The van der Waals surface area contributed by atoms with Crippen LogP contribution < -0.4 is 15.4 Å². The SMILES string of the molecule is COc1ncccc1NC(=O)NC[C@@H](c1ccco1)N1CCCC1. The zero-order chi connectivity index (χ0) is 16.8. The van der Waals surface area contributed by atoms with Gasteiger partial charge in [0, 0.05) is 12.7 Å². The van der Waals surface area contributed by atoms with Gasteiger partial charge in [-0.15, -0.1) is 0 Å². The Hall–Kier alpha value is -2.54. The first-order valence-corrected chi connectivity index (χ1v) is 8.09. The van der Waals surface area contributed by atoms with Crippen molar-refractivity contribution >= 4 is 11.7 Å². The van der Waals surface area contributed by atoms with Crippen LogP contribution >= 0.6 is 0 Å². The number of carbonyl (C=O) groups excluding carboxylic acids is 1. The fourth-order valence-corrected chi connectivity index (χ4v) is 2.95. The van der Waals surface area contributed by atoms with Crippen LogP contribution in [-0.4, -0.2) is 42.7 Å². The van der Waals surface area contributed by atoms with E-state index in [1.807, 2.05) is 12.1 Å². The molecule has 7 heteroatoms. The van der Waals surface area contributed by atoms with Crippen molar-refractivity contribution in [3.8, 4) is 5.88 Å². The van der Waals surface area contributed by atoms with Crippen molar-refractivity contribution in [1.82, 2.24) is 15.2 Å². The molecule has 0 bridgehead atoms. The monoisotopic (exact) mass is 330 g/mol. The molecule has 2 N–H and O–H groups in total. The number of hydrogen-bond donors (Lipinski definition) is 2. The molecule has 0 aromatic carbocycles. The average Bonchev–Trinajstić information content (AvgIpc) is 3.30. The van der Waals surface area contributed by atoms with Crippen molar-refractivity contribution in [2.45, 2.75) is 18.9 Å². The van der Waals surface area contributed by atoms with Crippen LogP contribution in [0.15, 0.2) is 41.1 Å². The number of urea groups is 1. The number of amides is 2. The summed E-state index contributed by atoms with van der Waals surface area (Å²) in [6.45, 7) is 2.51. The number of carbonyl (C=O) groups is 1. The summed E-state index contributed by atoms with van der Waals surface area (Å²) in [4.78, 5) is 18.6. The molecule has 0 spiro atoms. The zero-order valence-corrected chi connectivity index (χ0v) is 13.7. The molecule has 24 heavy (non-hydrogen) atoms. The van der Waals surface area contributed by atoms with Gasteiger partial charge in [0.15, 0.2) is 0 Å². The maximum Gasteiger partial charge on any atom is 0.319 e. The van der Waals surface area contributed by atoms with E-state index < -0.39 is 0 Å². The lowest BCUT2D eigenvalue weighted by Crippen LogP contribution is -2.38. The number of furan rings is 1. The second kappa shape index (κ2) is 7.83. The summed E-state index contributed by atoms with van der Waals surface area (Å²) < 4.78 is 10.7. The number of ether oxygens (including phenoxy) is 1. The van der Waals surface area contributed by atoms with Gasteiger partial charge in [-0.1, -0.05) is 0 Å². The first-order valence-electron chi connectivity index (χ1n) is 8.09. The minimum atomic E-state index is -0.294. The van der Waals surface area contributed by atoms with Crippen LogP contribution in [0.25, 0.3) is 0 Å². The molecule has 1 aliphatic rings. The predicted octanol–water partition coefficient (Wildman–Crippen LogP) is 2.64. The number of pyridine rings is 1. The fourth-order valence-electron chi connectivity index (χ4n) is 2.95. The minimum Gasteiger partial charge on any atom is -0.480 e. The summed E-state index contributed by atoms with van der Waals surface area (Å²) in [5.41, 5.74) is 0.535. The zero-order valence-electron chi connectivity index (χ0n) is 13.7. The highest BCUT2D eigenvalue weighted by Gasteiger charge is 2.26. The molecule has 7 nitrogen and oxygen atoms in total. The first-order chi connectivity index (χ1) is 11.8. The third kappa shape index (κ3) is 3.86. The van der Waals surface area contributed by atoms with E-state index >= 15 is 0 Å². The molecular formula is C17H22N4O3. The van der Waals surface area contributed by atoms with Crippen LogP contribution in [0.5, 0.6) is 5.88 Å². The quantitative estimate of drug-likeness (QED) is 0.851. The normalized spacial score (nSPS) is 15.9. The fraction of sp³-hybridized carbons (Fsp3) is 0.412. The number of likely N-dealkylation sites (tertiary alicyclic amines) is 1. The van der Waals surface area contributed by atoms with E-state index in [4.69, 9.17) is 9.15 Å². The van der Waals surface area contributed by atoms with Crippen LogP contribution in [0, 0.1) is 0 Å². The number of anilines is 1. The summed E-state index contributed by atoms with van der Waals surface area (Å²) in [5.74, 6) is 1.26. The molecule has 1 saturated heterocycles. The van der Waals surface area contributed by atoms with Gasteiger partial charge in [0.25, 0.3) is 0 Å². The molecule has 0 saturated carbocycles. The molecule has 2 aromatic heterocycles. The molecule has 2 amide bonds. The number of methoxy groups -OCH3 is 1. The molecule has 3 heterocycles. The average molecular weight is 330 g/mol. The molecule has 128 valence electrons. The number of nitrogens with zero attached hydrogens (tertiary/aromatic N) is 2. The van der Waals surface area contributed by atoms with Crippen molar-refractivity contribution in [3.63, 3.8) is 0 Å². The van der Waals surface area contributed by atoms with Crippen LogP contribution in [0.3, 0.4) is 0 Å². The third-order valence-corrected chi connectivity index (χ3v) is 4.12. The lowest BCUT2D eigenvalue weighted by atomic mass is 10.2. The molecule has 0 aliphatic carbocycles. The molecule has 0 radical (unpaired) electrons. The molecule has 1 fully saturated rings. The Morgan fingerprint density at radius 2 is 2.21 bits per heavy atom. The first kappa shape index (κ1) is 16.3. The van der Waals surface area contributed by atoms with E-state index in [2.05, 4.69) is 20.5 Å². The maximum absolute atomic E-state index is 12.2. The van der Waals surface area contributed by atoms with Gasteiger partial charge in [0.1, 0.15) is 11.4 Å². The Bertz CT molecular complexity index is 654. The van der Waals surface area contributed by atoms with Crippen LogP contribution in [0.4, 0.5) is 10.5 Å². The largest absolute Gasteiger partial charge is 0.480 e. The molecule has 3 rings (SSSR count). The Labute approximate surface area is 141 Å². The van der Waals surface area contributed by atoms with Gasteiger partial charge >= 0.3 is 6.03 Å². The highest BCUT2D eigenvalue weighted by molar-refractivity contribution is 5.90. The van der Waals surface area contributed by atoms with E-state index in [0.29, 0.717) is 18.1 Å². The number of aromatic nitrogens is 1. The molecule has 1 atom stereocenters. The number of hydrogen-bond acceptors (Lipinski definition) is 5. The Kier molecular flexibility index (Phi) is 5.32. The minimum absolute atomic E-state index is 0.0454. The van der Waals surface area contributed by atoms with Gasteiger partial charge in [-0.3, -0.25) is 4.90 Å². The Morgan fingerprint density at radius 1 is 1.38 bits per heavy atom. The van der Waals surface area contributed by atoms with E-state index in [9.17, 15) is 4.79 Å². The van der Waals surface area contributed by atoms with Crippen molar-refractivity contribution in [2.75, 3.05) is 32.1 Å². The maximum atomic E-state index is 12.2. The van der Waals surface area contributed by atoms with Crippen molar-refractivity contribution in [1.29, 1.82) is 0 Å². The van der Waals surface area contributed by atoms with E-state index in [-0.39, 0.29) is 12.1 Å². The van der Waals surface area contributed by atoms with Crippen LogP contribution in [0.1, 0.15) is 24.6 Å². The molecule has 2 aromatic rings. The van der Waals surface area contributed by atoms with Gasteiger partial charge in [0.2, 0.25) is 5.88 Å². The highest BCUT2D eigenvalue weighted by atomic mass is 16.5. The van der Waals surface area contributed by atoms with Crippen LogP contribution in [-0.2, 0) is 0 Å². The second-order valence-corrected chi connectivity index (χ2v) is 5.67. The lowest BCUT2D eigenvalue weighted by Gasteiger charge is -2.26. The number of rotatable bonds is 6. The predicted molar refractivity (Wildman–Crippen MR) is 90.1 cm³/mol. The highest BCUT2D eigenvalue weighted by Crippen LogP contribution is 2.25. The van der Waals surface area contributed by atoms with Gasteiger partial charge in [0.05, 0.1) is 19.4 Å². The summed E-state index contributed by atoms with van der Waals surface area (Å²) >= 11 is 0. The molecule has 1 aliphatic heterocycles. The van der Waals surface area contributed by atoms with Gasteiger partial charge in [-0.2, -0.15) is 0 Å². The Morgan fingerprint density at radius 3 is 2.92 bits per heavy atom. The van der Waals surface area contributed by atoms with Gasteiger partial charge in [-0.25, -0.2) is 9.78 Å². The summed E-state index contributed by atoms with van der Waals surface area (Å²) in [7, 11) is 1.52. The van der Waals surface area contributed by atoms with Crippen molar-refractivity contribution in [3.05, 3.63) is 42.5 Å². The summed E-state index contributed by atoms with van der Waals surface area (Å²) in [5, 5.41) is 5.68. The van der Waals surface area contributed by atoms with E-state index in [1.54, 1.807) is 24.6 Å².